The first kappa shape index (κ1) is 16.9. The van der Waals surface area contributed by atoms with Gasteiger partial charge < -0.3 is 0 Å². The quantitative estimate of drug-likeness (QED) is 0.470. The number of nitrogens with zero attached hydrogens (tertiary/aromatic N) is 1. The molecule has 2 N–H and O–H groups in total. The number of aliphatic carboxylic acids is 2. The Morgan fingerprint density at radius 2 is 1.53 bits per heavy atom. The van der Waals surface area contributed by atoms with Crippen molar-refractivity contribution in [2.45, 2.75) is 36.4 Å². The van der Waals surface area contributed by atoms with E-state index in [1.165, 1.54) is 0 Å². The maximum absolute atomic E-state index is 11.1. The molecular weight excluding hydrogens is 233 g/mol. The van der Waals surface area contributed by atoms with Crippen molar-refractivity contribution < 1.29 is 19.8 Å². The second-order valence-corrected chi connectivity index (χ2v) is 4.98. The molecule has 0 radical (unpaired) electrons. The zero-order valence-electron chi connectivity index (χ0n) is 10.8. The molecule has 0 aromatic carbocycles. The Balaban J connectivity index is 4.95. The predicted octanol–water partition coefficient (Wildman–Crippen LogP) is 0.849. The molecule has 0 saturated heterocycles. The van der Waals surface area contributed by atoms with Crippen LogP contribution in [0.1, 0.15) is 26.7 Å². The third-order valence-electron chi connectivity index (χ3n) is 2.83. The summed E-state index contributed by atoms with van der Waals surface area (Å²) in [7, 11) is 0. The molecule has 0 rings (SSSR count). The van der Waals surface area contributed by atoms with E-state index in [9.17, 15) is 9.59 Å². The summed E-state index contributed by atoms with van der Waals surface area (Å²) in [5.41, 5.74) is 0. The number of carboxylic acids is 2. The van der Waals surface area contributed by atoms with Crippen LogP contribution in [-0.4, -0.2) is 74.1 Å². The minimum atomic E-state index is -1.30. The van der Waals surface area contributed by atoms with Crippen LogP contribution in [-0.2, 0) is 9.59 Å². The van der Waals surface area contributed by atoms with Gasteiger partial charge in [0.25, 0.3) is 0 Å². The van der Waals surface area contributed by atoms with Crippen LogP contribution >= 0.6 is 0 Å². The molecule has 1 unspecified atom stereocenters. The number of rotatable bonds is 9. The zero-order chi connectivity index (χ0) is 13.4. The first-order valence-corrected chi connectivity index (χ1v) is 7.60. The van der Waals surface area contributed by atoms with Gasteiger partial charge in [0.15, 0.2) is 0 Å². The number of carbonyl (C=O) groups is 2. The van der Waals surface area contributed by atoms with E-state index in [4.69, 9.17) is 10.2 Å². The molecule has 0 bridgehead atoms. The van der Waals surface area contributed by atoms with Crippen LogP contribution in [0.4, 0.5) is 0 Å². The van der Waals surface area contributed by atoms with Crippen molar-refractivity contribution in [2.24, 2.45) is 5.92 Å². The molecule has 6 heteroatoms. The van der Waals surface area contributed by atoms with E-state index < -0.39 is 17.9 Å². The summed E-state index contributed by atoms with van der Waals surface area (Å²) in [4.78, 5) is 24.1. The monoisotopic (exact) mass is 253 g/mol. The van der Waals surface area contributed by atoms with Gasteiger partial charge in [-0.3, -0.25) is 0 Å². The molecule has 0 aromatic rings. The van der Waals surface area contributed by atoms with Crippen LogP contribution in [0.25, 0.3) is 0 Å². The van der Waals surface area contributed by atoms with Crippen LogP contribution in [0.3, 0.4) is 0 Å². The number of carboxylic acid groups (broad SMARTS) is 2. The number of hydrogen-bond acceptors (Lipinski definition) is 3. The fourth-order valence-corrected chi connectivity index (χ4v) is 3.15. The van der Waals surface area contributed by atoms with Gasteiger partial charge in [0.1, 0.15) is 0 Å². The molecule has 0 aliphatic rings. The van der Waals surface area contributed by atoms with Gasteiger partial charge in [0, 0.05) is 0 Å². The minimum absolute atomic E-state index is 0.364. The molecule has 94 valence electrons. The first-order chi connectivity index (χ1) is 7.99. The molecule has 0 fully saturated rings. The second kappa shape index (κ2) is 8.91. The standard InChI is InChI=1S/C11H20NO4.Na/c1-4-6-12(7-5-2)8(3)9(10(13)14)11(15)16;/h8-9H,3-7H2,1-2H3,(H,13,14)(H,15,16);. The topological polar surface area (TPSA) is 77.8 Å². The molecule has 17 heavy (non-hydrogen) atoms. The van der Waals surface area contributed by atoms with E-state index in [-0.39, 0.29) is 6.04 Å². The Morgan fingerprint density at radius 3 is 1.76 bits per heavy atom. The summed E-state index contributed by atoms with van der Waals surface area (Å²) < 4.78 is 0.670. The average Bonchev–Trinajstić information content (AvgIpc) is 2.24. The van der Waals surface area contributed by atoms with Crippen LogP contribution < -0.4 is 0 Å². The Kier molecular flexibility index (Phi) is 8.86. The van der Waals surface area contributed by atoms with Gasteiger partial charge in [-0.25, -0.2) is 0 Å². The molecule has 0 amide bonds. The van der Waals surface area contributed by atoms with Gasteiger partial charge in [0.05, 0.1) is 0 Å². The molecule has 0 spiro atoms. The van der Waals surface area contributed by atoms with Crippen molar-refractivity contribution in [1.29, 1.82) is 0 Å². The Morgan fingerprint density at radius 1 is 1.12 bits per heavy atom. The first-order valence-electron chi connectivity index (χ1n) is 6.19. The fourth-order valence-electron chi connectivity index (χ4n) is 2.16. The molecule has 0 saturated carbocycles. The predicted molar refractivity (Wildman–Crippen MR) is 65.3 cm³/mol. The van der Waals surface area contributed by atoms with Crippen molar-refractivity contribution in [3.8, 4) is 0 Å². The van der Waals surface area contributed by atoms with E-state index in [2.05, 4.69) is 0 Å². The van der Waals surface area contributed by atoms with E-state index in [1.54, 1.807) is 0 Å². The van der Waals surface area contributed by atoms with Crippen LogP contribution in [0, 0.1) is 5.92 Å². The third-order valence-corrected chi connectivity index (χ3v) is 3.66. The Bertz CT molecular complexity index is 240. The van der Waals surface area contributed by atoms with Gasteiger partial charge in [-0.05, 0) is 0 Å². The molecule has 1 atom stereocenters. The van der Waals surface area contributed by atoms with Crippen LogP contribution in [0.15, 0.2) is 0 Å². The van der Waals surface area contributed by atoms with Crippen molar-refractivity contribution >= 4 is 39.9 Å². The van der Waals surface area contributed by atoms with E-state index in [0.29, 0.717) is 3.67 Å². The van der Waals surface area contributed by atoms with Crippen LogP contribution in [0.5, 0.6) is 0 Å². The zero-order valence-corrected chi connectivity index (χ0v) is 12.8. The summed E-state index contributed by atoms with van der Waals surface area (Å²) in [6, 6.07) is -0.364. The Labute approximate surface area is 120 Å². The maximum atomic E-state index is 11.1. The second-order valence-electron chi connectivity index (χ2n) is 4.17. The molecule has 0 aromatic heterocycles. The summed E-state index contributed by atoms with van der Waals surface area (Å²) in [6.07, 6.45) is 1.81. The molecular formula is C11H20NNaO4. The number of hydrogen-bond donors (Lipinski definition) is 2. The normalized spacial score (nSPS) is 13.1. The van der Waals surface area contributed by atoms with Gasteiger partial charge in [0.2, 0.25) is 0 Å². The summed E-state index contributed by atoms with van der Waals surface area (Å²) in [5, 5.41) is 18.1. The molecule has 5 nitrogen and oxygen atoms in total. The fraction of sp³-hybridized carbons (Fsp3) is 0.818. The van der Waals surface area contributed by atoms with Gasteiger partial charge >= 0.3 is 120 Å². The SMILES string of the molecule is CCCN(CCC)C([CH2][Na])C(C(=O)O)C(=O)O. The summed E-state index contributed by atoms with van der Waals surface area (Å²) in [5.74, 6) is -3.75. The van der Waals surface area contributed by atoms with E-state index in [0.717, 1.165) is 53.9 Å². The third kappa shape index (κ3) is 5.38. The van der Waals surface area contributed by atoms with E-state index in [1.807, 2.05) is 18.7 Å². The van der Waals surface area contributed by atoms with Crippen molar-refractivity contribution in [3.05, 3.63) is 0 Å². The van der Waals surface area contributed by atoms with Gasteiger partial charge in [-0.15, -0.1) is 0 Å². The summed E-state index contributed by atoms with van der Waals surface area (Å²) in [6.45, 7) is 5.56. The van der Waals surface area contributed by atoms with Crippen molar-refractivity contribution in [1.82, 2.24) is 4.90 Å². The molecule has 0 aliphatic heterocycles. The van der Waals surface area contributed by atoms with Gasteiger partial charge in [-0.1, -0.05) is 0 Å². The van der Waals surface area contributed by atoms with Crippen molar-refractivity contribution in [2.75, 3.05) is 13.1 Å². The van der Waals surface area contributed by atoms with Gasteiger partial charge in [-0.2, -0.15) is 0 Å². The van der Waals surface area contributed by atoms with Crippen molar-refractivity contribution in [3.63, 3.8) is 0 Å². The van der Waals surface area contributed by atoms with E-state index >= 15 is 0 Å². The average molecular weight is 253 g/mol. The molecule has 0 heterocycles. The Hall–Kier alpha value is -0.100. The molecule has 0 aliphatic carbocycles. The van der Waals surface area contributed by atoms with Crippen LogP contribution in [0.2, 0.25) is 3.67 Å². The summed E-state index contributed by atoms with van der Waals surface area (Å²) >= 11 is 0.805.